The normalized spacial score (nSPS) is 13.2. The van der Waals surface area contributed by atoms with Crippen LogP contribution in [0.5, 0.6) is 5.75 Å². The fourth-order valence-corrected chi connectivity index (χ4v) is 4.03. The molecule has 0 saturated carbocycles. The maximum atomic E-state index is 12.6. The second-order valence-corrected chi connectivity index (χ2v) is 6.96. The van der Waals surface area contributed by atoms with Crippen LogP contribution in [0.25, 0.3) is 0 Å². The summed E-state index contributed by atoms with van der Waals surface area (Å²) in [5, 5.41) is 0. The van der Waals surface area contributed by atoms with Crippen LogP contribution < -0.4 is 15.2 Å². The molecule has 6 heteroatoms. The molecule has 1 aromatic carbocycles. The van der Waals surface area contributed by atoms with Crippen molar-refractivity contribution in [3.05, 3.63) is 23.3 Å². The Labute approximate surface area is 127 Å². The smallest absolute Gasteiger partial charge is 0.244 e. The summed E-state index contributed by atoms with van der Waals surface area (Å²) >= 11 is 0. The summed E-state index contributed by atoms with van der Waals surface area (Å²) in [6.45, 7) is 6.03. The second kappa shape index (κ2) is 7.77. The van der Waals surface area contributed by atoms with Crippen LogP contribution >= 0.6 is 0 Å². The lowest BCUT2D eigenvalue weighted by Crippen LogP contribution is -2.40. The first kappa shape index (κ1) is 17.9. The molecule has 0 spiro atoms. The Hall–Kier alpha value is -1.11. The summed E-state index contributed by atoms with van der Waals surface area (Å²) in [5.41, 5.74) is 7.31. The molecule has 0 heterocycles. The van der Waals surface area contributed by atoms with Crippen molar-refractivity contribution in [3.8, 4) is 5.75 Å². The predicted octanol–water partition coefficient (Wildman–Crippen LogP) is 2.11. The summed E-state index contributed by atoms with van der Waals surface area (Å²) < 4.78 is 33.2. The van der Waals surface area contributed by atoms with Crippen molar-refractivity contribution in [2.75, 3.05) is 13.7 Å². The lowest BCUT2D eigenvalue weighted by molar-refractivity contribution is 0.400. The molecule has 120 valence electrons. The zero-order valence-corrected chi connectivity index (χ0v) is 14.1. The molecular weight excluding hydrogens is 288 g/mol. The van der Waals surface area contributed by atoms with Gasteiger partial charge in [0, 0.05) is 12.6 Å². The third-order valence-corrected chi connectivity index (χ3v) is 5.09. The Morgan fingerprint density at radius 2 is 2.00 bits per heavy atom. The molecule has 1 unspecified atom stereocenters. The van der Waals surface area contributed by atoms with Gasteiger partial charge in [0.15, 0.2) is 0 Å². The van der Waals surface area contributed by atoms with Crippen LogP contribution in [0.1, 0.15) is 37.3 Å². The first-order chi connectivity index (χ1) is 9.85. The summed E-state index contributed by atoms with van der Waals surface area (Å²) in [6, 6.07) is 3.31. The largest absolute Gasteiger partial charge is 0.495 e. The number of hydrogen-bond acceptors (Lipinski definition) is 4. The van der Waals surface area contributed by atoms with Crippen molar-refractivity contribution in [3.63, 3.8) is 0 Å². The quantitative estimate of drug-likeness (QED) is 0.770. The van der Waals surface area contributed by atoms with Crippen LogP contribution in [-0.2, 0) is 10.0 Å². The highest BCUT2D eigenvalue weighted by atomic mass is 32.2. The van der Waals surface area contributed by atoms with Crippen molar-refractivity contribution >= 4 is 10.0 Å². The van der Waals surface area contributed by atoms with E-state index in [-0.39, 0.29) is 17.5 Å². The first-order valence-corrected chi connectivity index (χ1v) is 8.71. The lowest BCUT2D eigenvalue weighted by Gasteiger charge is -2.19. The number of aryl methyl sites for hydroxylation is 2. The van der Waals surface area contributed by atoms with E-state index in [2.05, 4.69) is 11.6 Å². The number of ether oxygens (including phenoxy) is 1. The van der Waals surface area contributed by atoms with Gasteiger partial charge in [-0.15, -0.1) is 0 Å². The first-order valence-electron chi connectivity index (χ1n) is 7.23. The van der Waals surface area contributed by atoms with Gasteiger partial charge in [-0.1, -0.05) is 25.8 Å². The fraction of sp³-hybridized carbons (Fsp3) is 0.600. The summed E-state index contributed by atoms with van der Waals surface area (Å²) in [6.07, 6.45) is 2.68. The average molecular weight is 314 g/mol. The molecule has 0 aromatic heterocycles. The van der Waals surface area contributed by atoms with E-state index < -0.39 is 10.0 Å². The number of methoxy groups -OCH3 is 1. The third kappa shape index (κ3) is 4.69. The van der Waals surface area contributed by atoms with Gasteiger partial charge in [0.05, 0.1) is 7.11 Å². The van der Waals surface area contributed by atoms with Gasteiger partial charge in [-0.05, 0) is 37.5 Å². The highest BCUT2D eigenvalue weighted by molar-refractivity contribution is 7.89. The van der Waals surface area contributed by atoms with E-state index in [1.807, 2.05) is 13.0 Å². The van der Waals surface area contributed by atoms with Crippen LogP contribution in [0, 0.1) is 13.8 Å². The van der Waals surface area contributed by atoms with Gasteiger partial charge in [-0.25, -0.2) is 13.1 Å². The van der Waals surface area contributed by atoms with E-state index >= 15 is 0 Å². The van der Waals surface area contributed by atoms with E-state index in [1.165, 1.54) is 7.11 Å². The van der Waals surface area contributed by atoms with Crippen molar-refractivity contribution in [2.45, 2.75) is 51.0 Å². The zero-order chi connectivity index (χ0) is 16.0. The van der Waals surface area contributed by atoms with Gasteiger partial charge < -0.3 is 10.5 Å². The number of nitrogens with one attached hydrogen (secondary N) is 1. The number of rotatable bonds is 8. The molecule has 0 amide bonds. The van der Waals surface area contributed by atoms with Crippen molar-refractivity contribution in [1.29, 1.82) is 0 Å². The van der Waals surface area contributed by atoms with E-state index in [0.717, 1.165) is 24.8 Å². The molecule has 0 aliphatic rings. The number of hydrogen-bond donors (Lipinski definition) is 2. The van der Waals surface area contributed by atoms with Crippen LogP contribution in [0.4, 0.5) is 0 Å². The van der Waals surface area contributed by atoms with Gasteiger partial charge in [-0.2, -0.15) is 0 Å². The second-order valence-electron chi connectivity index (χ2n) is 5.31. The molecule has 3 N–H and O–H groups in total. The van der Waals surface area contributed by atoms with Crippen molar-refractivity contribution in [1.82, 2.24) is 4.72 Å². The summed E-state index contributed by atoms with van der Waals surface area (Å²) in [5.74, 6) is 0.367. The summed E-state index contributed by atoms with van der Waals surface area (Å²) in [7, 11) is -2.17. The standard InChI is InChI=1S/C15H26N2O3S/c1-5-6-7-13(10-16)17-21(18,19)15-12(3)8-11(2)9-14(15)20-4/h8-9,13,17H,5-7,10,16H2,1-4H3. The topological polar surface area (TPSA) is 81.4 Å². The molecule has 0 aliphatic carbocycles. The molecule has 0 fully saturated rings. The maximum Gasteiger partial charge on any atom is 0.244 e. The number of nitrogens with two attached hydrogens (primary N) is 1. The molecule has 0 radical (unpaired) electrons. The average Bonchev–Trinajstić information content (AvgIpc) is 2.41. The Morgan fingerprint density at radius 3 is 2.52 bits per heavy atom. The number of benzene rings is 1. The van der Waals surface area contributed by atoms with Gasteiger partial charge in [0.1, 0.15) is 10.6 Å². The van der Waals surface area contributed by atoms with Crippen molar-refractivity contribution < 1.29 is 13.2 Å². The zero-order valence-electron chi connectivity index (χ0n) is 13.3. The lowest BCUT2D eigenvalue weighted by atomic mass is 10.1. The van der Waals surface area contributed by atoms with Crippen molar-refractivity contribution in [2.24, 2.45) is 5.73 Å². The van der Waals surface area contributed by atoms with Gasteiger partial charge in [0.25, 0.3) is 0 Å². The number of sulfonamides is 1. The molecule has 1 atom stereocenters. The summed E-state index contributed by atoms with van der Waals surface area (Å²) in [4.78, 5) is 0.200. The highest BCUT2D eigenvalue weighted by Crippen LogP contribution is 2.29. The minimum Gasteiger partial charge on any atom is -0.495 e. The Bertz CT molecular complexity index is 571. The molecular formula is C15H26N2O3S. The SMILES string of the molecule is CCCCC(CN)NS(=O)(=O)c1c(C)cc(C)cc1OC. The van der Waals surface area contributed by atoms with Gasteiger partial charge in [0.2, 0.25) is 10.0 Å². The Kier molecular flexibility index (Phi) is 6.64. The van der Waals surface area contributed by atoms with Crippen LogP contribution in [-0.4, -0.2) is 28.1 Å². The molecule has 1 aromatic rings. The van der Waals surface area contributed by atoms with Crippen LogP contribution in [0.3, 0.4) is 0 Å². The van der Waals surface area contributed by atoms with Crippen LogP contribution in [0.2, 0.25) is 0 Å². The fourth-order valence-electron chi connectivity index (χ4n) is 2.37. The minimum atomic E-state index is -3.65. The molecule has 1 rings (SSSR count). The molecule has 21 heavy (non-hydrogen) atoms. The van der Waals surface area contributed by atoms with E-state index in [0.29, 0.717) is 11.3 Å². The minimum absolute atomic E-state index is 0.200. The van der Waals surface area contributed by atoms with E-state index in [4.69, 9.17) is 10.5 Å². The molecule has 0 aliphatic heterocycles. The van der Waals surface area contributed by atoms with Crippen LogP contribution in [0.15, 0.2) is 17.0 Å². The molecule has 5 nitrogen and oxygen atoms in total. The molecule has 0 bridgehead atoms. The van der Waals surface area contributed by atoms with E-state index in [9.17, 15) is 8.42 Å². The maximum absolute atomic E-state index is 12.6. The Morgan fingerprint density at radius 1 is 1.33 bits per heavy atom. The third-order valence-electron chi connectivity index (χ3n) is 3.39. The van der Waals surface area contributed by atoms with Gasteiger partial charge >= 0.3 is 0 Å². The highest BCUT2D eigenvalue weighted by Gasteiger charge is 2.25. The van der Waals surface area contributed by atoms with E-state index in [1.54, 1.807) is 13.0 Å². The predicted molar refractivity (Wildman–Crippen MR) is 85.2 cm³/mol. The van der Waals surface area contributed by atoms with Gasteiger partial charge in [-0.3, -0.25) is 0 Å². The number of unbranched alkanes of at least 4 members (excludes halogenated alkanes) is 1. The monoisotopic (exact) mass is 314 g/mol. The Balaban J connectivity index is 3.13. The molecule has 0 saturated heterocycles.